The molecule has 0 aliphatic heterocycles. The van der Waals surface area contributed by atoms with Crippen molar-refractivity contribution >= 4 is 28.8 Å². The van der Waals surface area contributed by atoms with Crippen molar-refractivity contribution in [1.29, 1.82) is 0 Å². The molecule has 0 fully saturated rings. The molecule has 5 heteroatoms. The van der Waals surface area contributed by atoms with Gasteiger partial charge >= 0.3 is 0 Å². The zero-order valence-corrected chi connectivity index (χ0v) is 11.4. The van der Waals surface area contributed by atoms with Gasteiger partial charge in [-0.1, -0.05) is 24.9 Å². The standard InChI is InChI=1S/C12H14ClN3S/c1-3-4-8-7-11(14-2)16-12(15-8)9-5-6-10(13)17-9/h5-7H,3-4H2,1-2H3,(H,14,15,16). The van der Waals surface area contributed by atoms with Crippen molar-refractivity contribution in [3.63, 3.8) is 0 Å². The number of hydrogen-bond acceptors (Lipinski definition) is 4. The highest BCUT2D eigenvalue weighted by Crippen LogP contribution is 2.29. The molecule has 0 amide bonds. The molecule has 0 unspecified atom stereocenters. The zero-order valence-electron chi connectivity index (χ0n) is 9.83. The number of nitrogens with one attached hydrogen (secondary N) is 1. The van der Waals surface area contributed by atoms with Crippen LogP contribution in [0.4, 0.5) is 5.82 Å². The molecule has 2 heterocycles. The van der Waals surface area contributed by atoms with E-state index in [1.807, 2.05) is 25.2 Å². The molecule has 1 N–H and O–H groups in total. The number of halogens is 1. The monoisotopic (exact) mass is 267 g/mol. The molecule has 0 saturated heterocycles. The number of hydrogen-bond donors (Lipinski definition) is 1. The Bertz CT molecular complexity index is 510. The molecular weight excluding hydrogens is 254 g/mol. The fraction of sp³-hybridized carbons (Fsp3) is 0.333. The first-order valence-corrected chi connectivity index (χ1v) is 6.73. The van der Waals surface area contributed by atoms with Crippen molar-refractivity contribution in [2.75, 3.05) is 12.4 Å². The fourth-order valence-corrected chi connectivity index (χ4v) is 2.53. The fourth-order valence-electron chi connectivity index (χ4n) is 1.55. The van der Waals surface area contributed by atoms with Gasteiger partial charge in [-0.2, -0.15) is 0 Å². The molecule has 2 aromatic heterocycles. The molecule has 0 spiro atoms. The molecule has 0 saturated carbocycles. The summed E-state index contributed by atoms with van der Waals surface area (Å²) in [4.78, 5) is 10.0. The third kappa shape index (κ3) is 2.96. The van der Waals surface area contributed by atoms with Gasteiger partial charge in [0.1, 0.15) is 5.82 Å². The number of aryl methyl sites for hydroxylation is 1. The van der Waals surface area contributed by atoms with E-state index in [2.05, 4.69) is 22.2 Å². The summed E-state index contributed by atoms with van der Waals surface area (Å²) in [5, 5.41) is 3.06. The molecular formula is C12H14ClN3S. The Hall–Kier alpha value is -1.13. The summed E-state index contributed by atoms with van der Waals surface area (Å²) in [5.74, 6) is 1.60. The number of rotatable bonds is 4. The van der Waals surface area contributed by atoms with E-state index in [9.17, 15) is 0 Å². The minimum Gasteiger partial charge on any atom is -0.373 e. The lowest BCUT2D eigenvalue weighted by Gasteiger charge is -2.05. The second-order valence-electron chi connectivity index (χ2n) is 3.67. The Kier molecular flexibility index (Phi) is 3.97. The Labute approximate surface area is 110 Å². The maximum Gasteiger partial charge on any atom is 0.171 e. The highest BCUT2D eigenvalue weighted by Gasteiger charge is 2.08. The van der Waals surface area contributed by atoms with Gasteiger partial charge in [0.2, 0.25) is 0 Å². The smallest absolute Gasteiger partial charge is 0.171 e. The van der Waals surface area contributed by atoms with E-state index in [0.29, 0.717) is 0 Å². The molecule has 0 aliphatic rings. The van der Waals surface area contributed by atoms with Gasteiger partial charge in [0, 0.05) is 18.8 Å². The third-order valence-corrected chi connectivity index (χ3v) is 3.56. The van der Waals surface area contributed by atoms with Gasteiger partial charge in [0.15, 0.2) is 5.82 Å². The van der Waals surface area contributed by atoms with E-state index >= 15 is 0 Å². The van der Waals surface area contributed by atoms with Crippen LogP contribution in [-0.2, 0) is 6.42 Å². The number of nitrogens with zero attached hydrogens (tertiary/aromatic N) is 2. The lowest BCUT2D eigenvalue weighted by atomic mass is 10.2. The van der Waals surface area contributed by atoms with Gasteiger partial charge in [-0.3, -0.25) is 0 Å². The van der Waals surface area contributed by atoms with Crippen LogP contribution in [0.2, 0.25) is 4.34 Å². The first-order valence-electron chi connectivity index (χ1n) is 5.54. The van der Waals surface area contributed by atoms with E-state index in [1.165, 1.54) is 11.3 Å². The van der Waals surface area contributed by atoms with Crippen molar-refractivity contribution in [2.45, 2.75) is 19.8 Å². The normalized spacial score (nSPS) is 10.5. The average molecular weight is 268 g/mol. The van der Waals surface area contributed by atoms with Crippen molar-refractivity contribution in [1.82, 2.24) is 9.97 Å². The molecule has 90 valence electrons. The quantitative estimate of drug-likeness (QED) is 0.914. The molecule has 3 nitrogen and oxygen atoms in total. The first kappa shape index (κ1) is 12.3. The highest BCUT2D eigenvalue weighted by atomic mass is 35.5. The van der Waals surface area contributed by atoms with Gasteiger partial charge < -0.3 is 5.32 Å². The first-order chi connectivity index (χ1) is 8.22. The molecule has 2 aromatic rings. The van der Waals surface area contributed by atoms with Crippen LogP contribution in [-0.4, -0.2) is 17.0 Å². The van der Waals surface area contributed by atoms with Gasteiger partial charge in [-0.25, -0.2) is 9.97 Å². The molecule has 0 radical (unpaired) electrons. The molecule has 0 aliphatic carbocycles. The number of thiophene rings is 1. The van der Waals surface area contributed by atoms with Crippen molar-refractivity contribution in [3.8, 4) is 10.7 Å². The van der Waals surface area contributed by atoms with Gasteiger partial charge in [-0.05, 0) is 18.6 Å². The molecule has 17 heavy (non-hydrogen) atoms. The van der Waals surface area contributed by atoms with Crippen LogP contribution in [0.5, 0.6) is 0 Å². The lowest BCUT2D eigenvalue weighted by Crippen LogP contribution is -2.00. The van der Waals surface area contributed by atoms with E-state index in [4.69, 9.17) is 11.6 Å². The second kappa shape index (κ2) is 5.47. The Morgan fingerprint density at radius 1 is 1.35 bits per heavy atom. The van der Waals surface area contributed by atoms with Crippen molar-refractivity contribution < 1.29 is 0 Å². The van der Waals surface area contributed by atoms with Crippen LogP contribution in [0, 0.1) is 0 Å². The zero-order chi connectivity index (χ0) is 12.3. The van der Waals surface area contributed by atoms with Crippen molar-refractivity contribution in [2.24, 2.45) is 0 Å². The number of anilines is 1. The summed E-state index contributed by atoms with van der Waals surface area (Å²) >= 11 is 7.43. The van der Waals surface area contributed by atoms with Gasteiger partial charge in [0.25, 0.3) is 0 Å². The van der Waals surface area contributed by atoms with Crippen LogP contribution >= 0.6 is 22.9 Å². The summed E-state index contributed by atoms with van der Waals surface area (Å²) < 4.78 is 0.760. The molecule has 0 atom stereocenters. The predicted molar refractivity (Wildman–Crippen MR) is 73.9 cm³/mol. The summed E-state index contributed by atoms with van der Waals surface area (Å²) in [6, 6.07) is 5.82. The lowest BCUT2D eigenvalue weighted by molar-refractivity contribution is 0.876. The Morgan fingerprint density at radius 2 is 2.18 bits per heavy atom. The maximum atomic E-state index is 5.93. The Morgan fingerprint density at radius 3 is 2.76 bits per heavy atom. The minimum absolute atomic E-state index is 0.747. The van der Waals surface area contributed by atoms with Crippen molar-refractivity contribution in [3.05, 3.63) is 28.2 Å². The second-order valence-corrected chi connectivity index (χ2v) is 5.39. The van der Waals surface area contributed by atoms with E-state index < -0.39 is 0 Å². The summed E-state index contributed by atoms with van der Waals surface area (Å²) in [6.45, 7) is 2.14. The van der Waals surface area contributed by atoms with Crippen LogP contribution in [0.15, 0.2) is 18.2 Å². The van der Waals surface area contributed by atoms with Gasteiger partial charge in [0.05, 0.1) is 9.21 Å². The Balaban J connectivity index is 2.42. The van der Waals surface area contributed by atoms with E-state index in [-0.39, 0.29) is 0 Å². The SMILES string of the molecule is CCCc1cc(NC)nc(-c2ccc(Cl)s2)n1. The third-order valence-electron chi connectivity index (χ3n) is 2.34. The number of aromatic nitrogens is 2. The van der Waals surface area contributed by atoms with Crippen LogP contribution in [0.3, 0.4) is 0 Å². The van der Waals surface area contributed by atoms with E-state index in [0.717, 1.165) is 39.4 Å². The summed E-state index contributed by atoms with van der Waals surface area (Å²) in [6.07, 6.45) is 2.04. The van der Waals surface area contributed by atoms with Crippen LogP contribution < -0.4 is 5.32 Å². The van der Waals surface area contributed by atoms with Crippen LogP contribution in [0.1, 0.15) is 19.0 Å². The van der Waals surface area contributed by atoms with Gasteiger partial charge in [-0.15, -0.1) is 11.3 Å². The van der Waals surface area contributed by atoms with Crippen LogP contribution in [0.25, 0.3) is 10.7 Å². The summed E-state index contributed by atoms with van der Waals surface area (Å²) in [7, 11) is 1.86. The molecule has 2 rings (SSSR count). The predicted octanol–water partition coefficient (Wildman–Crippen LogP) is 3.85. The largest absolute Gasteiger partial charge is 0.373 e. The highest BCUT2D eigenvalue weighted by molar-refractivity contribution is 7.19. The maximum absolute atomic E-state index is 5.93. The average Bonchev–Trinajstić information content (AvgIpc) is 2.76. The summed E-state index contributed by atoms with van der Waals surface area (Å²) in [5.41, 5.74) is 1.06. The minimum atomic E-state index is 0.747. The topological polar surface area (TPSA) is 37.8 Å². The molecule has 0 aromatic carbocycles. The van der Waals surface area contributed by atoms with E-state index in [1.54, 1.807) is 0 Å². The molecule has 0 bridgehead atoms.